The Bertz CT molecular complexity index is 432. The monoisotopic (exact) mass is 264 g/mol. The Labute approximate surface area is 115 Å². The second-order valence-corrected chi connectivity index (χ2v) is 6.61. The van der Waals surface area contributed by atoms with E-state index in [1.54, 1.807) is 13.2 Å². The molecule has 1 heterocycles. The number of nitrogens with one attached hydrogen (secondary N) is 2. The van der Waals surface area contributed by atoms with Gasteiger partial charge in [0.1, 0.15) is 11.5 Å². The molecule has 0 aromatic carbocycles. The van der Waals surface area contributed by atoms with Gasteiger partial charge in [-0.05, 0) is 25.7 Å². The zero-order chi connectivity index (χ0) is 14.7. The molecular formula is C14H24N4O. The lowest BCUT2D eigenvalue weighted by Gasteiger charge is -2.33. The SMILES string of the molecule is CNc1cnc(C(=O)NC(C)(C)CC(C)(C)C)cn1. The van der Waals surface area contributed by atoms with Gasteiger partial charge >= 0.3 is 0 Å². The summed E-state index contributed by atoms with van der Waals surface area (Å²) in [6.45, 7) is 10.5. The number of nitrogens with zero attached hydrogens (tertiary/aromatic N) is 2. The van der Waals surface area contributed by atoms with Crippen LogP contribution in [-0.2, 0) is 0 Å². The molecule has 0 saturated heterocycles. The van der Waals surface area contributed by atoms with E-state index in [0.717, 1.165) is 6.42 Å². The molecule has 1 amide bonds. The molecule has 0 fully saturated rings. The highest BCUT2D eigenvalue weighted by molar-refractivity contribution is 5.92. The van der Waals surface area contributed by atoms with Crippen LogP contribution >= 0.6 is 0 Å². The Morgan fingerprint density at radius 3 is 2.21 bits per heavy atom. The number of carbonyl (C=O) groups is 1. The van der Waals surface area contributed by atoms with Crippen LogP contribution in [0.4, 0.5) is 5.82 Å². The predicted octanol–water partition coefficient (Wildman–Crippen LogP) is 2.46. The smallest absolute Gasteiger partial charge is 0.271 e. The molecule has 19 heavy (non-hydrogen) atoms. The molecule has 0 aliphatic heterocycles. The second-order valence-electron chi connectivity index (χ2n) is 6.61. The fourth-order valence-electron chi connectivity index (χ4n) is 2.32. The Hall–Kier alpha value is -1.65. The minimum atomic E-state index is -0.279. The standard InChI is InChI=1S/C14H24N4O/c1-13(2,3)9-14(4,5)18-12(19)10-7-17-11(15-6)8-16-10/h7-8H,9H2,1-6H3,(H,15,17)(H,18,19). The third-order valence-corrected chi connectivity index (χ3v) is 2.56. The van der Waals surface area contributed by atoms with Gasteiger partial charge in [-0.1, -0.05) is 20.8 Å². The van der Waals surface area contributed by atoms with Crippen LogP contribution in [0.15, 0.2) is 12.4 Å². The molecule has 0 aliphatic rings. The van der Waals surface area contributed by atoms with Crippen molar-refractivity contribution in [3.8, 4) is 0 Å². The van der Waals surface area contributed by atoms with Gasteiger partial charge in [0, 0.05) is 12.6 Å². The van der Waals surface area contributed by atoms with Crippen LogP contribution in [-0.4, -0.2) is 28.5 Å². The molecule has 1 aromatic heterocycles. The Morgan fingerprint density at radius 2 is 1.79 bits per heavy atom. The Morgan fingerprint density at radius 1 is 1.16 bits per heavy atom. The third kappa shape index (κ3) is 5.24. The average molecular weight is 264 g/mol. The van der Waals surface area contributed by atoms with Gasteiger partial charge in [0.05, 0.1) is 12.4 Å². The number of carbonyl (C=O) groups excluding carboxylic acids is 1. The van der Waals surface area contributed by atoms with Crippen molar-refractivity contribution in [1.82, 2.24) is 15.3 Å². The molecule has 0 aliphatic carbocycles. The average Bonchev–Trinajstić information content (AvgIpc) is 2.25. The minimum Gasteiger partial charge on any atom is -0.372 e. The van der Waals surface area contributed by atoms with E-state index < -0.39 is 0 Å². The van der Waals surface area contributed by atoms with Crippen LogP contribution in [0.1, 0.15) is 51.5 Å². The van der Waals surface area contributed by atoms with Crippen LogP contribution in [0.3, 0.4) is 0 Å². The van der Waals surface area contributed by atoms with E-state index in [1.807, 2.05) is 13.8 Å². The highest BCUT2D eigenvalue weighted by Crippen LogP contribution is 2.26. The molecule has 0 unspecified atom stereocenters. The van der Waals surface area contributed by atoms with Gasteiger partial charge in [0.15, 0.2) is 0 Å². The molecule has 1 aromatic rings. The molecule has 0 saturated carbocycles. The van der Waals surface area contributed by atoms with E-state index in [-0.39, 0.29) is 16.9 Å². The third-order valence-electron chi connectivity index (χ3n) is 2.56. The van der Waals surface area contributed by atoms with Gasteiger partial charge in [-0.3, -0.25) is 4.79 Å². The maximum absolute atomic E-state index is 12.1. The highest BCUT2D eigenvalue weighted by Gasteiger charge is 2.27. The van der Waals surface area contributed by atoms with E-state index in [2.05, 4.69) is 41.4 Å². The first-order chi connectivity index (χ1) is 8.63. The number of hydrogen-bond donors (Lipinski definition) is 2. The van der Waals surface area contributed by atoms with Crippen LogP contribution < -0.4 is 10.6 Å². The molecule has 1 rings (SSSR count). The van der Waals surface area contributed by atoms with Crippen LogP contribution in [0.2, 0.25) is 0 Å². The highest BCUT2D eigenvalue weighted by atomic mass is 16.2. The maximum Gasteiger partial charge on any atom is 0.271 e. The minimum absolute atomic E-state index is 0.151. The van der Waals surface area contributed by atoms with Crippen molar-refractivity contribution in [2.24, 2.45) is 5.41 Å². The summed E-state index contributed by atoms with van der Waals surface area (Å²) < 4.78 is 0. The first kappa shape index (κ1) is 15.4. The van der Waals surface area contributed by atoms with Crippen molar-refractivity contribution in [3.05, 3.63) is 18.1 Å². The molecule has 5 nitrogen and oxygen atoms in total. The summed E-state index contributed by atoms with van der Waals surface area (Å²) in [5.74, 6) is 0.454. The van der Waals surface area contributed by atoms with Crippen molar-refractivity contribution in [1.29, 1.82) is 0 Å². The fourth-order valence-corrected chi connectivity index (χ4v) is 2.32. The first-order valence-electron chi connectivity index (χ1n) is 6.45. The van der Waals surface area contributed by atoms with E-state index in [9.17, 15) is 4.79 Å². The van der Waals surface area contributed by atoms with Crippen molar-refractivity contribution >= 4 is 11.7 Å². The molecular weight excluding hydrogens is 240 g/mol. The van der Waals surface area contributed by atoms with E-state index in [4.69, 9.17) is 0 Å². The van der Waals surface area contributed by atoms with E-state index >= 15 is 0 Å². The van der Waals surface area contributed by atoms with Gasteiger partial charge in [-0.2, -0.15) is 0 Å². The fraction of sp³-hybridized carbons (Fsp3) is 0.643. The van der Waals surface area contributed by atoms with Crippen molar-refractivity contribution in [3.63, 3.8) is 0 Å². The molecule has 0 spiro atoms. The van der Waals surface area contributed by atoms with Gasteiger partial charge in [-0.15, -0.1) is 0 Å². The summed E-state index contributed by atoms with van der Waals surface area (Å²) in [6, 6.07) is 0. The molecule has 0 atom stereocenters. The Balaban J connectivity index is 2.72. The lowest BCUT2D eigenvalue weighted by molar-refractivity contribution is 0.0886. The second kappa shape index (κ2) is 5.55. The van der Waals surface area contributed by atoms with Gasteiger partial charge in [-0.25, -0.2) is 9.97 Å². The van der Waals surface area contributed by atoms with Crippen LogP contribution in [0.5, 0.6) is 0 Å². The number of aromatic nitrogens is 2. The van der Waals surface area contributed by atoms with Crippen molar-refractivity contribution in [2.75, 3.05) is 12.4 Å². The first-order valence-corrected chi connectivity index (χ1v) is 6.45. The summed E-state index contributed by atoms with van der Waals surface area (Å²) in [5.41, 5.74) is 0.206. The van der Waals surface area contributed by atoms with Crippen LogP contribution in [0.25, 0.3) is 0 Å². The van der Waals surface area contributed by atoms with Gasteiger partial charge in [0.2, 0.25) is 0 Å². The predicted molar refractivity (Wildman–Crippen MR) is 77.2 cm³/mol. The number of rotatable bonds is 4. The molecule has 2 N–H and O–H groups in total. The summed E-state index contributed by atoms with van der Waals surface area (Å²) in [7, 11) is 1.76. The molecule has 0 radical (unpaired) electrons. The summed E-state index contributed by atoms with van der Waals surface area (Å²) in [4.78, 5) is 20.3. The molecule has 5 heteroatoms. The maximum atomic E-state index is 12.1. The zero-order valence-corrected chi connectivity index (χ0v) is 12.7. The summed E-state index contributed by atoms with van der Waals surface area (Å²) in [6.07, 6.45) is 3.91. The van der Waals surface area contributed by atoms with Crippen molar-refractivity contribution < 1.29 is 4.79 Å². The number of hydrogen-bond acceptors (Lipinski definition) is 4. The molecule has 0 bridgehead atoms. The number of amides is 1. The lowest BCUT2D eigenvalue weighted by atomic mass is 9.82. The normalized spacial score (nSPS) is 12.1. The van der Waals surface area contributed by atoms with E-state index in [0.29, 0.717) is 11.5 Å². The molecule has 106 valence electrons. The van der Waals surface area contributed by atoms with Gasteiger partial charge in [0.25, 0.3) is 5.91 Å². The largest absolute Gasteiger partial charge is 0.372 e. The van der Waals surface area contributed by atoms with Crippen molar-refractivity contribution in [2.45, 2.75) is 46.6 Å². The van der Waals surface area contributed by atoms with Gasteiger partial charge < -0.3 is 10.6 Å². The van der Waals surface area contributed by atoms with E-state index in [1.165, 1.54) is 6.20 Å². The summed E-state index contributed by atoms with van der Waals surface area (Å²) in [5, 5.41) is 5.87. The topological polar surface area (TPSA) is 66.9 Å². The lowest BCUT2D eigenvalue weighted by Crippen LogP contribution is -2.46. The summed E-state index contributed by atoms with van der Waals surface area (Å²) >= 11 is 0. The van der Waals surface area contributed by atoms with Crippen LogP contribution in [0, 0.1) is 5.41 Å². The zero-order valence-electron chi connectivity index (χ0n) is 12.7. The quantitative estimate of drug-likeness (QED) is 0.876. The Kier molecular flexibility index (Phi) is 4.50. The number of anilines is 1.